The summed E-state index contributed by atoms with van der Waals surface area (Å²) in [5.41, 5.74) is 3.22. The molecule has 4 nitrogen and oxygen atoms in total. The molecule has 0 aliphatic carbocycles. The second-order valence-corrected chi connectivity index (χ2v) is 5.77. The van der Waals surface area contributed by atoms with Gasteiger partial charge in [-0.25, -0.2) is 0 Å². The maximum absolute atomic E-state index is 5.93. The molecule has 0 unspecified atom stereocenters. The maximum atomic E-state index is 5.93. The fourth-order valence-electron chi connectivity index (χ4n) is 2.43. The van der Waals surface area contributed by atoms with Crippen LogP contribution < -0.4 is 4.90 Å². The van der Waals surface area contributed by atoms with Gasteiger partial charge in [0.15, 0.2) is 0 Å². The summed E-state index contributed by atoms with van der Waals surface area (Å²) in [6, 6.07) is 15.8. The Morgan fingerprint density at radius 3 is 2.65 bits per heavy atom. The number of hydrogen-bond donors (Lipinski definition) is 0. The van der Waals surface area contributed by atoms with Crippen molar-refractivity contribution >= 4 is 23.5 Å². The van der Waals surface area contributed by atoms with Crippen molar-refractivity contribution in [2.45, 2.75) is 6.61 Å². The van der Waals surface area contributed by atoms with Gasteiger partial charge in [0.25, 0.3) is 0 Å². The number of hydrogen-bond acceptors (Lipinski definition) is 4. The molecular formula is C18H19ClN2O2. The van der Waals surface area contributed by atoms with Gasteiger partial charge in [-0.15, -0.1) is 0 Å². The van der Waals surface area contributed by atoms with Crippen LogP contribution in [0.25, 0.3) is 0 Å². The Bertz CT molecular complexity index is 652. The fraction of sp³-hybridized carbons (Fsp3) is 0.278. The zero-order valence-corrected chi connectivity index (χ0v) is 13.6. The molecule has 0 atom stereocenters. The van der Waals surface area contributed by atoms with Gasteiger partial charge < -0.3 is 14.5 Å². The van der Waals surface area contributed by atoms with E-state index < -0.39 is 0 Å². The highest BCUT2D eigenvalue weighted by molar-refractivity contribution is 6.30. The highest BCUT2D eigenvalue weighted by atomic mass is 35.5. The summed E-state index contributed by atoms with van der Waals surface area (Å²) in [6.45, 7) is 3.87. The highest BCUT2D eigenvalue weighted by Crippen LogP contribution is 2.16. The van der Waals surface area contributed by atoms with Crippen LogP contribution in [-0.2, 0) is 16.2 Å². The van der Waals surface area contributed by atoms with Crippen molar-refractivity contribution in [2.24, 2.45) is 5.16 Å². The molecule has 2 aromatic rings. The summed E-state index contributed by atoms with van der Waals surface area (Å²) < 4.78 is 5.37. The first-order valence-electron chi connectivity index (χ1n) is 7.64. The van der Waals surface area contributed by atoms with E-state index in [-0.39, 0.29) is 0 Å². The first-order valence-corrected chi connectivity index (χ1v) is 8.01. The van der Waals surface area contributed by atoms with E-state index in [2.05, 4.69) is 22.2 Å². The molecule has 1 fully saturated rings. The molecular weight excluding hydrogens is 312 g/mol. The number of ether oxygens (including phenoxy) is 1. The summed E-state index contributed by atoms with van der Waals surface area (Å²) in [7, 11) is 0. The molecule has 1 aliphatic rings. The van der Waals surface area contributed by atoms with Gasteiger partial charge in [-0.2, -0.15) is 0 Å². The van der Waals surface area contributed by atoms with E-state index in [1.54, 1.807) is 6.21 Å². The predicted molar refractivity (Wildman–Crippen MR) is 93.3 cm³/mol. The molecule has 120 valence electrons. The maximum Gasteiger partial charge on any atom is 0.142 e. The molecule has 3 rings (SSSR count). The molecule has 0 bridgehead atoms. The van der Waals surface area contributed by atoms with Crippen LogP contribution >= 0.6 is 11.6 Å². The van der Waals surface area contributed by atoms with E-state index >= 15 is 0 Å². The normalized spacial score (nSPS) is 15.1. The lowest BCUT2D eigenvalue weighted by Crippen LogP contribution is -2.36. The number of morpholine rings is 1. The lowest BCUT2D eigenvalue weighted by atomic mass is 10.2. The molecule has 1 aliphatic heterocycles. The smallest absolute Gasteiger partial charge is 0.142 e. The van der Waals surface area contributed by atoms with Crippen molar-refractivity contribution in [3.63, 3.8) is 0 Å². The molecule has 0 aromatic heterocycles. The molecule has 2 aromatic carbocycles. The molecule has 1 saturated heterocycles. The van der Waals surface area contributed by atoms with Crippen LogP contribution in [0.5, 0.6) is 0 Å². The Morgan fingerprint density at radius 1 is 1.13 bits per heavy atom. The van der Waals surface area contributed by atoms with Crippen LogP contribution in [0.2, 0.25) is 5.02 Å². The molecule has 0 spiro atoms. The number of anilines is 1. The Labute approximate surface area is 141 Å². The van der Waals surface area contributed by atoms with E-state index in [1.165, 1.54) is 5.69 Å². The Balaban J connectivity index is 1.51. The molecule has 0 N–H and O–H groups in total. The van der Waals surface area contributed by atoms with Crippen molar-refractivity contribution < 1.29 is 9.57 Å². The molecule has 1 heterocycles. The number of oxime groups is 1. The Morgan fingerprint density at radius 2 is 1.91 bits per heavy atom. The van der Waals surface area contributed by atoms with Crippen LogP contribution in [0.1, 0.15) is 11.1 Å². The minimum Gasteiger partial charge on any atom is -0.391 e. The number of rotatable bonds is 5. The van der Waals surface area contributed by atoms with Crippen molar-refractivity contribution in [3.8, 4) is 0 Å². The van der Waals surface area contributed by atoms with E-state index in [0.717, 1.165) is 37.4 Å². The van der Waals surface area contributed by atoms with Crippen molar-refractivity contribution in [2.75, 3.05) is 31.2 Å². The Kier molecular flexibility index (Phi) is 5.51. The predicted octanol–water partition coefficient (Wildman–Crippen LogP) is 3.73. The summed E-state index contributed by atoms with van der Waals surface area (Å²) in [4.78, 5) is 7.63. The molecule has 0 radical (unpaired) electrons. The highest BCUT2D eigenvalue weighted by Gasteiger charge is 2.10. The van der Waals surface area contributed by atoms with E-state index in [9.17, 15) is 0 Å². The van der Waals surface area contributed by atoms with Gasteiger partial charge in [-0.1, -0.05) is 41.0 Å². The van der Waals surface area contributed by atoms with Gasteiger partial charge in [-0.05, 0) is 35.4 Å². The average molecular weight is 331 g/mol. The monoisotopic (exact) mass is 330 g/mol. The number of benzene rings is 2. The standard InChI is InChI=1S/C18H19ClN2O2/c19-17-3-1-2-16(12-17)14-23-20-13-15-4-6-18(7-5-15)21-8-10-22-11-9-21/h1-7,12-13H,8-11,14H2. The van der Waals surface area contributed by atoms with Gasteiger partial charge in [0, 0.05) is 23.8 Å². The molecule has 0 saturated carbocycles. The van der Waals surface area contributed by atoms with E-state index in [1.807, 2.05) is 36.4 Å². The third kappa shape index (κ3) is 4.71. The minimum absolute atomic E-state index is 0.406. The summed E-state index contributed by atoms with van der Waals surface area (Å²) in [6.07, 6.45) is 1.72. The quantitative estimate of drug-likeness (QED) is 0.619. The topological polar surface area (TPSA) is 34.1 Å². The fourth-order valence-corrected chi connectivity index (χ4v) is 2.64. The Hall–Kier alpha value is -2.04. The third-order valence-corrected chi connectivity index (χ3v) is 3.90. The zero-order valence-electron chi connectivity index (χ0n) is 12.8. The van der Waals surface area contributed by atoms with Crippen molar-refractivity contribution in [1.29, 1.82) is 0 Å². The lowest BCUT2D eigenvalue weighted by Gasteiger charge is -2.28. The lowest BCUT2D eigenvalue weighted by molar-refractivity contribution is 0.122. The van der Waals surface area contributed by atoms with Gasteiger partial charge in [-0.3, -0.25) is 0 Å². The largest absolute Gasteiger partial charge is 0.391 e. The first-order chi connectivity index (χ1) is 11.3. The van der Waals surface area contributed by atoms with Gasteiger partial charge >= 0.3 is 0 Å². The summed E-state index contributed by atoms with van der Waals surface area (Å²) >= 11 is 5.93. The second-order valence-electron chi connectivity index (χ2n) is 5.33. The summed E-state index contributed by atoms with van der Waals surface area (Å²) in [5, 5.41) is 4.71. The zero-order chi connectivity index (χ0) is 15.9. The minimum atomic E-state index is 0.406. The average Bonchev–Trinajstić information content (AvgIpc) is 2.60. The van der Waals surface area contributed by atoms with Crippen LogP contribution in [0, 0.1) is 0 Å². The van der Waals surface area contributed by atoms with Gasteiger partial charge in [0.05, 0.1) is 19.4 Å². The number of halogens is 1. The van der Waals surface area contributed by atoms with Gasteiger partial charge in [0.1, 0.15) is 6.61 Å². The molecule has 23 heavy (non-hydrogen) atoms. The second kappa shape index (κ2) is 7.99. The number of nitrogens with zero attached hydrogens (tertiary/aromatic N) is 2. The van der Waals surface area contributed by atoms with Crippen LogP contribution in [-0.4, -0.2) is 32.5 Å². The van der Waals surface area contributed by atoms with E-state index in [4.69, 9.17) is 21.2 Å². The van der Waals surface area contributed by atoms with Crippen LogP contribution in [0.3, 0.4) is 0 Å². The summed E-state index contributed by atoms with van der Waals surface area (Å²) in [5.74, 6) is 0. The third-order valence-electron chi connectivity index (χ3n) is 3.67. The van der Waals surface area contributed by atoms with Crippen LogP contribution in [0.4, 0.5) is 5.69 Å². The first kappa shape index (κ1) is 15.8. The van der Waals surface area contributed by atoms with Crippen LogP contribution in [0.15, 0.2) is 53.7 Å². The van der Waals surface area contributed by atoms with Crippen molar-refractivity contribution in [3.05, 3.63) is 64.7 Å². The van der Waals surface area contributed by atoms with Crippen molar-refractivity contribution in [1.82, 2.24) is 0 Å². The SMILES string of the molecule is Clc1cccc(CON=Cc2ccc(N3CCOCC3)cc2)c1. The molecule has 5 heteroatoms. The molecule has 0 amide bonds. The van der Waals surface area contributed by atoms with E-state index in [0.29, 0.717) is 11.6 Å². The van der Waals surface area contributed by atoms with Gasteiger partial charge in [0.2, 0.25) is 0 Å².